The highest BCUT2D eigenvalue weighted by Gasteiger charge is 2.24. The Morgan fingerprint density at radius 1 is 1.25 bits per heavy atom. The molecule has 1 aliphatic heterocycles. The van der Waals surface area contributed by atoms with Crippen molar-refractivity contribution in [1.29, 1.82) is 0 Å². The summed E-state index contributed by atoms with van der Waals surface area (Å²) in [6, 6.07) is 0. The molecule has 1 aromatic heterocycles. The molecule has 2 heterocycles. The zero-order valence-corrected chi connectivity index (χ0v) is 14.4. The van der Waals surface area contributed by atoms with Gasteiger partial charge in [-0.3, -0.25) is 0 Å². The van der Waals surface area contributed by atoms with Crippen LogP contribution in [0.3, 0.4) is 0 Å². The van der Waals surface area contributed by atoms with Gasteiger partial charge in [-0.2, -0.15) is 0 Å². The highest BCUT2D eigenvalue weighted by Crippen LogP contribution is 2.34. The molecular weight excluding hydrogens is 266 g/mol. The van der Waals surface area contributed by atoms with Gasteiger partial charge in [-0.05, 0) is 37.6 Å². The van der Waals surface area contributed by atoms with Crippen LogP contribution in [0.4, 0.5) is 5.13 Å². The monoisotopic (exact) mass is 295 g/mol. The molecule has 0 atom stereocenters. The van der Waals surface area contributed by atoms with Gasteiger partial charge in [0.2, 0.25) is 0 Å². The van der Waals surface area contributed by atoms with E-state index in [2.05, 4.69) is 37.9 Å². The largest absolute Gasteiger partial charge is 0.348 e. The number of piperidine rings is 1. The van der Waals surface area contributed by atoms with E-state index in [4.69, 9.17) is 4.98 Å². The molecule has 0 unspecified atom stereocenters. The average molecular weight is 295 g/mol. The van der Waals surface area contributed by atoms with E-state index in [0.717, 1.165) is 18.4 Å². The minimum atomic E-state index is 0.511. The van der Waals surface area contributed by atoms with Crippen molar-refractivity contribution in [1.82, 2.24) is 10.3 Å². The summed E-state index contributed by atoms with van der Waals surface area (Å²) in [7, 11) is 2.01. The lowest BCUT2D eigenvalue weighted by molar-refractivity contribution is 0.311. The van der Waals surface area contributed by atoms with Gasteiger partial charge in [0.05, 0.1) is 5.69 Å². The van der Waals surface area contributed by atoms with Gasteiger partial charge in [-0.1, -0.05) is 27.7 Å². The predicted octanol–water partition coefficient (Wildman–Crippen LogP) is 3.86. The number of anilines is 1. The Bertz CT molecular complexity index is 417. The molecule has 20 heavy (non-hydrogen) atoms. The van der Waals surface area contributed by atoms with Crippen LogP contribution in [0.2, 0.25) is 0 Å². The quantitative estimate of drug-likeness (QED) is 0.894. The maximum atomic E-state index is 4.93. The molecule has 1 aliphatic rings. The Balaban J connectivity index is 2.08. The SMILES string of the molecule is CNCc1sc(N2CCC(C(C)C)CC2)nc1C(C)C. The van der Waals surface area contributed by atoms with Gasteiger partial charge in [-0.25, -0.2) is 4.98 Å². The van der Waals surface area contributed by atoms with Crippen LogP contribution in [0.1, 0.15) is 57.0 Å². The Kier molecular flexibility index (Phi) is 5.44. The van der Waals surface area contributed by atoms with E-state index < -0.39 is 0 Å². The van der Waals surface area contributed by atoms with Gasteiger partial charge >= 0.3 is 0 Å². The molecule has 1 saturated heterocycles. The van der Waals surface area contributed by atoms with Crippen LogP contribution in [-0.2, 0) is 6.54 Å². The van der Waals surface area contributed by atoms with Crippen molar-refractivity contribution in [2.24, 2.45) is 11.8 Å². The molecule has 4 heteroatoms. The van der Waals surface area contributed by atoms with E-state index in [1.54, 1.807) is 0 Å². The number of nitrogens with zero attached hydrogens (tertiary/aromatic N) is 2. The zero-order valence-electron chi connectivity index (χ0n) is 13.6. The first-order valence-corrected chi connectivity index (χ1v) is 8.73. The summed E-state index contributed by atoms with van der Waals surface area (Å²) in [5, 5.41) is 4.51. The van der Waals surface area contributed by atoms with Crippen LogP contribution in [0, 0.1) is 11.8 Å². The minimum Gasteiger partial charge on any atom is -0.348 e. The van der Waals surface area contributed by atoms with E-state index in [-0.39, 0.29) is 0 Å². The van der Waals surface area contributed by atoms with E-state index in [1.807, 2.05) is 18.4 Å². The number of nitrogens with one attached hydrogen (secondary N) is 1. The molecule has 0 bridgehead atoms. The third-order valence-electron chi connectivity index (χ3n) is 4.35. The predicted molar refractivity (Wildman–Crippen MR) is 88.7 cm³/mol. The van der Waals surface area contributed by atoms with Crippen molar-refractivity contribution in [3.63, 3.8) is 0 Å². The van der Waals surface area contributed by atoms with Crippen LogP contribution < -0.4 is 10.2 Å². The summed E-state index contributed by atoms with van der Waals surface area (Å²) in [5.74, 6) is 2.23. The molecule has 3 nitrogen and oxygen atoms in total. The van der Waals surface area contributed by atoms with E-state index in [0.29, 0.717) is 5.92 Å². The van der Waals surface area contributed by atoms with Gasteiger partial charge in [-0.15, -0.1) is 11.3 Å². The Hall–Kier alpha value is -0.610. The van der Waals surface area contributed by atoms with E-state index in [1.165, 1.54) is 41.6 Å². The smallest absolute Gasteiger partial charge is 0.185 e. The van der Waals surface area contributed by atoms with Crippen molar-refractivity contribution in [3.8, 4) is 0 Å². The molecule has 114 valence electrons. The first-order valence-electron chi connectivity index (χ1n) is 7.92. The molecule has 0 aromatic carbocycles. The topological polar surface area (TPSA) is 28.2 Å². The second kappa shape index (κ2) is 6.90. The Morgan fingerprint density at radius 2 is 1.90 bits per heavy atom. The van der Waals surface area contributed by atoms with Crippen LogP contribution >= 0.6 is 11.3 Å². The summed E-state index contributed by atoms with van der Waals surface area (Å²) < 4.78 is 0. The van der Waals surface area contributed by atoms with Crippen molar-refractivity contribution >= 4 is 16.5 Å². The Morgan fingerprint density at radius 3 is 2.40 bits per heavy atom. The summed E-state index contributed by atoms with van der Waals surface area (Å²) in [6.45, 7) is 12.5. The third-order valence-corrected chi connectivity index (χ3v) is 5.49. The van der Waals surface area contributed by atoms with Crippen LogP contribution in [0.25, 0.3) is 0 Å². The standard InChI is InChI=1S/C16H29N3S/c1-11(2)13-6-8-19(9-7-13)16-18-15(12(3)4)14(20-16)10-17-5/h11-13,17H,6-10H2,1-5H3. The maximum absolute atomic E-state index is 4.93. The Labute approximate surface area is 127 Å². The molecule has 0 spiro atoms. The van der Waals surface area contributed by atoms with Gasteiger partial charge in [0.25, 0.3) is 0 Å². The average Bonchev–Trinajstić information content (AvgIpc) is 2.83. The lowest BCUT2D eigenvalue weighted by atomic mass is 9.87. The number of hydrogen-bond acceptors (Lipinski definition) is 4. The molecule has 0 radical (unpaired) electrons. The molecule has 1 fully saturated rings. The van der Waals surface area contributed by atoms with Crippen molar-refractivity contribution in [2.45, 2.75) is 53.0 Å². The van der Waals surface area contributed by atoms with Crippen LogP contribution in [0.15, 0.2) is 0 Å². The van der Waals surface area contributed by atoms with Crippen LogP contribution in [-0.4, -0.2) is 25.1 Å². The molecule has 2 rings (SSSR count). The van der Waals surface area contributed by atoms with Gasteiger partial charge < -0.3 is 10.2 Å². The molecule has 1 aromatic rings. The highest BCUT2D eigenvalue weighted by molar-refractivity contribution is 7.15. The third kappa shape index (κ3) is 3.53. The summed E-state index contributed by atoms with van der Waals surface area (Å²) in [5.41, 5.74) is 1.28. The molecule has 0 amide bonds. The maximum Gasteiger partial charge on any atom is 0.185 e. The van der Waals surface area contributed by atoms with Crippen molar-refractivity contribution in [3.05, 3.63) is 10.6 Å². The fraction of sp³-hybridized carbons (Fsp3) is 0.812. The number of hydrogen-bond donors (Lipinski definition) is 1. The van der Waals surface area contributed by atoms with Crippen LogP contribution in [0.5, 0.6) is 0 Å². The molecule has 0 aliphatic carbocycles. The first-order chi connectivity index (χ1) is 9.52. The molecule has 1 N–H and O–H groups in total. The first kappa shape index (κ1) is 15.8. The number of aromatic nitrogens is 1. The minimum absolute atomic E-state index is 0.511. The molecular formula is C16H29N3S. The summed E-state index contributed by atoms with van der Waals surface area (Å²) >= 11 is 1.88. The van der Waals surface area contributed by atoms with E-state index in [9.17, 15) is 0 Å². The van der Waals surface area contributed by atoms with E-state index >= 15 is 0 Å². The summed E-state index contributed by atoms with van der Waals surface area (Å²) in [6.07, 6.45) is 2.63. The van der Waals surface area contributed by atoms with Crippen molar-refractivity contribution < 1.29 is 0 Å². The van der Waals surface area contributed by atoms with Gasteiger partial charge in [0.15, 0.2) is 5.13 Å². The fourth-order valence-corrected chi connectivity index (χ4v) is 4.26. The number of rotatable bonds is 5. The lowest BCUT2D eigenvalue weighted by Crippen LogP contribution is -2.35. The van der Waals surface area contributed by atoms with Crippen molar-refractivity contribution in [2.75, 3.05) is 25.0 Å². The second-order valence-electron chi connectivity index (χ2n) is 6.56. The van der Waals surface area contributed by atoms with Gasteiger partial charge in [0, 0.05) is 24.5 Å². The highest BCUT2D eigenvalue weighted by atomic mass is 32.1. The normalized spacial score (nSPS) is 17.4. The van der Waals surface area contributed by atoms with Gasteiger partial charge in [0.1, 0.15) is 0 Å². The number of thiazole rings is 1. The molecule has 0 saturated carbocycles. The zero-order chi connectivity index (χ0) is 14.7. The second-order valence-corrected chi connectivity index (χ2v) is 7.62. The lowest BCUT2D eigenvalue weighted by Gasteiger charge is -2.33. The fourth-order valence-electron chi connectivity index (χ4n) is 2.98. The summed E-state index contributed by atoms with van der Waals surface area (Å²) in [4.78, 5) is 8.83.